The van der Waals surface area contributed by atoms with Crippen LogP contribution in [0.4, 0.5) is 10.1 Å². The minimum absolute atomic E-state index is 0.0587. The maximum atomic E-state index is 13.6. The molecule has 0 spiro atoms. The fourth-order valence-electron chi connectivity index (χ4n) is 1.71. The van der Waals surface area contributed by atoms with Gasteiger partial charge in [-0.3, -0.25) is 9.71 Å². The lowest BCUT2D eigenvalue weighted by molar-refractivity contribution is 0.275. The van der Waals surface area contributed by atoms with Crippen molar-refractivity contribution in [3.63, 3.8) is 0 Å². The van der Waals surface area contributed by atoms with E-state index in [1.807, 2.05) is 0 Å². The molecule has 1 aromatic carbocycles. The van der Waals surface area contributed by atoms with E-state index in [1.165, 1.54) is 25.4 Å². The SMILES string of the molecule is Cc1cc(S(=O)(=O)Nc2cccnc2)cc(CO)c1F. The smallest absolute Gasteiger partial charge is 0.261 e. The van der Waals surface area contributed by atoms with Crippen LogP contribution in [-0.2, 0) is 16.6 Å². The van der Waals surface area contributed by atoms with Crippen molar-refractivity contribution >= 4 is 15.7 Å². The molecular weight excluding hydrogens is 283 g/mol. The largest absolute Gasteiger partial charge is 0.392 e. The first-order valence-corrected chi connectivity index (χ1v) is 7.25. The fraction of sp³-hybridized carbons (Fsp3) is 0.154. The fourth-order valence-corrected chi connectivity index (χ4v) is 2.89. The Morgan fingerprint density at radius 1 is 1.40 bits per heavy atom. The zero-order valence-corrected chi connectivity index (χ0v) is 11.5. The summed E-state index contributed by atoms with van der Waals surface area (Å²) in [6.45, 7) is 0.876. The second-order valence-corrected chi connectivity index (χ2v) is 5.90. The Morgan fingerprint density at radius 2 is 2.15 bits per heavy atom. The molecule has 2 aromatic rings. The predicted molar refractivity (Wildman–Crippen MR) is 72.1 cm³/mol. The second kappa shape index (κ2) is 5.56. The van der Waals surface area contributed by atoms with Crippen LogP contribution in [0.2, 0.25) is 0 Å². The van der Waals surface area contributed by atoms with E-state index in [0.717, 1.165) is 6.07 Å². The molecule has 20 heavy (non-hydrogen) atoms. The van der Waals surface area contributed by atoms with Gasteiger partial charge in [-0.2, -0.15) is 0 Å². The molecule has 1 aromatic heterocycles. The number of pyridine rings is 1. The molecule has 106 valence electrons. The Kier molecular flexibility index (Phi) is 4.01. The lowest BCUT2D eigenvalue weighted by Crippen LogP contribution is -2.14. The van der Waals surface area contributed by atoms with Crippen LogP contribution in [0.3, 0.4) is 0 Å². The standard InChI is InChI=1S/C13H13FN2O3S/c1-9-5-12(6-10(8-17)13(9)14)20(18,19)16-11-3-2-4-15-7-11/h2-7,16-17H,8H2,1H3. The molecule has 0 aliphatic heterocycles. The Labute approximate surface area is 116 Å². The molecule has 0 radical (unpaired) electrons. The van der Waals surface area contributed by atoms with Crippen molar-refractivity contribution in [1.29, 1.82) is 0 Å². The lowest BCUT2D eigenvalue weighted by atomic mass is 10.1. The molecule has 0 amide bonds. The van der Waals surface area contributed by atoms with Gasteiger partial charge < -0.3 is 5.11 Å². The van der Waals surface area contributed by atoms with Gasteiger partial charge in [-0.25, -0.2) is 12.8 Å². The number of hydrogen-bond acceptors (Lipinski definition) is 4. The molecule has 0 bridgehead atoms. The summed E-state index contributed by atoms with van der Waals surface area (Å²) in [5.74, 6) is -0.604. The number of aliphatic hydroxyl groups is 1. The van der Waals surface area contributed by atoms with Gasteiger partial charge >= 0.3 is 0 Å². The normalized spacial score (nSPS) is 11.3. The molecule has 0 saturated heterocycles. The number of rotatable bonds is 4. The van der Waals surface area contributed by atoms with Crippen molar-refractivity contribution in [1.82, 2.24) is 4.98 Å². The predicted octanol–water partition coefficient (Wildman–Crippen LogP) is 1.82. The number of anilines is 1. The Bertz CT molecular complexity index is 718. The maximum Gasteiger partial charge on any atom is 0.261 e. The van der Waals surface area contributed by atoms with E-state index in [1.54, 1.807) is 12.1 Å². The highest BCUT2D eigenvalue weighted by atomic mass is 32.2. The molecule has 0 aliphatic rings. The first-order valence-electron chi connectivity index (χ1n) is 5.77. The van der Waals surface area contributed by atoms with Crippen LogP contribution >= 0.6 is 0 Å². The molecule has 0 saturated carbocycles. The van der Waals surface area contributed by atoms with E-state index in [2.05, 4.69) is 9.71 Å². The van der Waals surface area contributed by atoms with Gasteiger partial charge in [-0.1, -0.05) is 0 Å². The highest BCUT2D eigenvalue weighted by molar-refractivity contribution is 7.92. The van der Waals surface area contributed by atoms with E-state index in [4.69, 9.17) is 5.11 Å². The Hall–Kier alpha value is -1.99. The molecule has 1 heterocycles. The van der Waals surface area contributed by atoms with Crippen LogP contribution in [0, 0.1) is 12.7 Å². The number of aryl methyl sites for hydroxylation is 1. The van der Waals surface area contributed by atoms with E-state index in [-0.39, 0.29) is 16.0 Å². The Morgan fingerprint density at radius 3 is 2.75 bits per heavy atom. The van der Waals surface area contributed by atoms with Crippen molar-refractivity contribution in [2.75, 3.05) is 4.72 Å². The minimum atomic E-state index is -3.85. The highest BCUT2D eigenvalue weighted by Crippen LogP contribution is 2.21. The van der Waals surface area contributed by atoms with Crippen LogP contribution in [0.1, 0.15) is 11.1 Å². The third kappa shape index (κ3) is 2.94. The van der Waals surface area contributed by atoms with Crippen LogP contribution < -0.4 is 4.72 Å². The van der Waals surface area contributed by atoms with Gasteiger partial charge in [0.2, 0.25) is 0 Å². The monoisotopic (exact) mass is 296 g/mol. The highest BCUT2D eigenvalue weighted by Gasteiger charge is 2.18. The average Bonchev–Trinajstić information content (AvgIpc) is 2.42. The first-order chi connectivity index (χ1) is 9.44. The second-order valence-electron chi connectivity index (χ2n) is 4.22. The number of benzene rings is 1. The van der Waals surface area contributed by atoms with Crippen molar-refractivity contribution in [3.8, 4) is 0 Å². The molecule has 0 aliphatic carbocycles. The summed E-state index contributed by atoms with van der Waals surface area (Å²) < 4.78 is 40.3. The lowest BCUT2D eigenvalue weighted by Gasteiger charge is -2.10. The zero-order valence-electron chi connectivity index (χ0n) is 10.7. The number of hydrogen-bond donors (Lipinski definition) is 2. The Balaban J connectivity index is 2.42. The third-order valence-electron chi connectivity index (χ3n) is 2.70. The molecule has 0 atom stereocenters. The average molecular weight is 296 g/mol. The van der Waals surface area contributed by atoms with Gasteiger partial charge in [-0.15, -0.1) is 0 Å². The number of halogens is 1. The minimum Gasteiger partial charge on any atom is -0.392 e. The van der Waals surface area contributed by atoms with Crippen molar-refractivity contribution in [3.05, 3.63) is 53.6 Å². The van der Waals surface area contributed by atoms with Crippen molar-refractivity contribution < 1.29 is 17.9 Å². The van der Waals surface area contributed by atoms with E-state index >= 15 is 0 Å². The van der Waals surface area contributed by atoms with Crippen molar-refractivity contribution in [2.24, 2.45) is 0 Å². The van der Waals surface area contributed by atoms with Crippen LogP contribution in [0.15, 0.2) is 41.6 Å². The summed E-state index contributed by atoms with van der Waals surface area (Å²) in [4.78, 5) is 3.69. The molecular formula is C13H13FN2O3S. The molecule has 5 nitrogen and oxygen atoms in total. The molecule has 7 heteroatoms. The quantitative estimate of drug-likeness (QED) is 0.902. The summed E-state index contributed by atoms with van der Waals surface area (Å²) in [6.07, 6.45) is 2.88. The van der Waals surface area contributed by atoms with Crippen LogP contribution in [-0.4, -0.2) is 18.5 Å². The number of aliphatic hydroxyl groups excluding tert-OH is 1. The summed E-state index contributed by atoms with van der Waals surface area (Å²) in [5, 5.41) is 9.06. The van der Waals surface area contributed by atoms with Gasteiger partial charge in [0.1, 0.15) is 5.82 Å². The van der Waals surface area contributed by atoms with E-state index < -0.39 is 22.4 Å². The summed E-state index contributed by atoms with van der Waals surface area (Å²) >= 11 is 0. The number of nitrogens with zero attached hydrogens (tertiary/aromatic N) is 1. The van der Waals surface area contributed by atoms with Crippen LogP contribution in [0.5, 0.6) is 0 Å². The van der Waals surface area contributed by atoms with Gasteiger partial charge in [0.05, 0.1) is 23.4 Å². The van der Waals surface area contributed by atoms with Crippen molar-refractivity contribution in [2.45, 2.75) is 18.4 Å². The number of nitrogens with one attached hydrogen (secondary N) is 1. The first kappa shape index (κ1) is 14.4. The molecule has 0 fully saturated rings. The summed E-state index contributed by atoms with van der Waals surface area (Å²) in [7, 11) is -3.85. The van der Waals surface area contributed by atoms with Gasteiger partial charge in [0.15, 0.2) is 0 Å². The molecule has 2 rings (SSSR count). The maximum absolute atomic E-state index is 13.6. The summed E-state index contributed by atoms with van der Waals surface area (Å²) in [6, 6.07) is 5.47. The van der Waals surface area contributed by atoms with E-state index in [9.17, 15) is 12.8 Å². The van der Waals surface area contributed by atoms with Gasteiger partial charge in [0, 0.05) is 11.8 Å². The molecule has 2 N–H and O–H groups in total. The third-order valence-corrected chi connectivity index (χ3v) is 4.06. The topological polar surface area (TPSA) is 79.3 Å². The number of sulfonamides is 1. The summed E-state index contributed by atoms with van der Waals surface area (Å²) in [5.41, 5.74) is 0.402. The van der Waals surface area contributed by atoms with Crippen LogP contribution in [0.25, 0.3) is 0 Å². The zero-order chi connectivity index (χ0) is 14.8. The van der Waals surface area contributed by atoms with Gasteiger partial charge in [0.25, 0.3) is 10.0 Å². The number of aromatic nitrogens is 1. The van der Waals surface area contributed by atoms with Gasteiger partial charge in [-0.05, 0) is 36.8 Å². The molecule has 0 unspecified atom stereocenters. The van der Waals surface area contributed by atoms with E-state index in [0.29, 0.717) is 5.69 Å².